The average molecular weight is 399 g/mol. The third-order valence-corrected chi connectivity index (χ3v) is 10.6. The fraction of sp³-hybridized carbons (Fsp3) is 0.893. The third-order valence-electron chi connectivity index (χ3n) is 10.6. The SMILES string of the molecule is CC(C)CCC[C@@H](C)[C@H]1CC[C@H]2[C@@H]3C(C=O)CC4CCC=C[C@]4(C)[C@H]3CC[C@]12C. The lowest BCUT2D eigenvalue weighted by Gasteiger charge is -2.61. The second kappa shape index (κ2) is 8.16. The Bertz CT molecular complexity index is 620. The minimum Gasteiger partial charge on any atom is -0.303 e. The number of carbonyl (C=O) groups excluding carboxylic acids is 1. The van der Waals surface area contributed by atoms with Crippen molar-refractivity contribution in [3.05, 3.63) is 12.2 Å². The molecule has 1 nitrogen and oxygen atoms in total. The molecule has 1 heteroatoms. The van der Waals surface area contributed by atoms with Crippen LogP contribution in [0.2, 0.25) is 0 Å². The molecule has 0 heterocycles. The minimum absolute atomic E-state index is 0.323. The van der Waals surface area contributed by atoms with Crippen molar-refractivity contribution >= 4 is 6.29 Å². The summed E-state index contributed by atoms with van der Waals surface area (Å²) in [5.41, 5.74) is 0.825. The lowest BCUT2D eigenvalue weighted by Crippen LogP contribution is -2.55. The van der Waals surface area contributed by atoms with Gasteiger partial charge in [-0.15, -0.1) is 0 Å². The standard InChI is InChI=1S/C28H46O/c1-19(2)9-8-10-20(3)23-12-13-24-26-21(18-29)17-22-11-6-7-15-27(22,4)25(26)14-16-28(23,24)5/h7,15,18-26H,6,8-14,16-17H2,1-5H3/t20-,21?,22?,23-,24+,25+,26+,27+,28-/m1/s1. The van der Waals surface area contributed by atoms with E-state index in [1.165, 1.54) is 64.1 Å². The van der Waals surface area contributed by atoms with Crippen molar-refractivity contribution in [3.63, 3.8) is 0 Å². The van der Waals surface area contributed by atoms with Gasteiger partial charge in [-0.25, -0.2) is 0 Å². The molecule has 0 aromatic rings. The van der Waals surface area contributed by atoms with Gasteiger partial charge in [0.15, 0.2) is 0 Å². The van der Waals surface area contributed by atoms with E-state index in [1.807, 2.05) is 0 Å². The smallest absolute Gasteiger partial charge is 0.123 e. The minimum atomic E-state index is 0.323. The van der Waals surface area contributed by atoms with Crippen molar-refractivity contribution in [2.75, 3.05) is 0 Å². The van der Waals surface area contributed by atoms with Crippen molar-refractivity contribution in [3.8, 4) is 0 Å². The number of carbonyl (C=O) groups is 1. The number of hydrogen-bond donors (Lipinski definition) is 0. The molecule has 3 saturated carbocycles. The quantitative estimate of drug-likeness (QED) is 0.331. The van der Waals surface area contributed by atoms with Gasteiger partial charge in [0.2, 0.25) is 0 Å². The van der Waals surface area contributed by atoms with Gasteiger partial charge >= 0.3 is 0 Å². The van der Waals surface area contributed by atoms with Crippen LogP contribution in [-0.4, -0.2) is 6.29 Å². The van der Waals surface area contributed by atoms with Crippen LogP contribution >= 0.6 is 0 Å². The lowest BCUT2D eigenvalue weighted by molar-refractivity contribution is -0.136. The number of hydrogen-bond acceptors (Lipinski definition) is 1. The highest BCUT2D eigenvalue weighted by molar-refractivity contribution is 5.55. The summed E-state index contributed by atoms with van der Waals surface area (Å²) in [5, 5.41) is 0. The maximum absolute atomic E-state index is 12.3. The van der Waals surface area contributed by atoms with E-state index < -0.39 is 0 Å². The molecule has 0 radical (unpaired) electrons. The predicted octanol–water partition coefficient (Wildman–Crippen LogP) is 7.70. The van der Waals surface area contributed by atoms with Crippen LogP contribution in [0, 0.1) is 58.2 Å². The van der Waals surface area contributed by atoms with Crippen LogP contribution in [0.4, 0.5) is 0 Å². The molecular formula is C28H46O. The Hall–Kier alpha value is -0.590. The maximum Gasteiger partial charge on any atom is 0.123 e. The van der Waals surface area contributed by atoms with Crippen molar-refractivity contribution in [1.82, 2.24) is 0 Å². The van der Waals surface area contributed by atoms with Gasteiger partial charge in [-0.1, -0.05) is 66.0 Å². The van der Waals surface area contributed by atoms with Crippen LogP contribution in [-0.2, 0) is 4.79 Å². The zero-order chi connectivity index (χ0) is 20.8. The molecule has 0 aromatic heterocycles. The number of fused-ring (bicyclic) bond motifs is 5. The highest BCUT2D eigenvalue weighted by Gasteiger charge is 2.61. The van der Waals surface area contributed by atoms with E-state index >= 15 is 0 Å². The Morgan fingerprint density at radius 1 is 1.03 bits per heavy atom. The van der Waals surface area contributed by atoms with Crippen molar-refractivity contribution in [2.24, 2.45) is 58.2 Å². The topological polar surface area (TPSA) is 17.1 Å². The Kier molecular flexibility index (Phi) is 6.09. The van der Waals surface area contributed by atoms with Crippen molar-refractivity contribution in [1.29, 1.82) is 0 Å². The second-order valence-electron chi connectivity index (χ2n) is 12.4. The zero-order valence-corrected chi connectivity index (χ0v) is 19.8. The van der Waals surface area contributed by atoms with Gasteiger partial charge in [-0.3, -0.25) is 0 Å². The van der Waals surface area contributed by atoms with Gasteiger partial charge in [-0.05, 0) is 97.2 Å². The highest BCUT2D eigenvalue weighted by Crippen LogP contribution is 2.68. The largest absolute Gasteiger partial charge is 0.303 e. The summed E-state index contributed by atoms with van der Waals surface area (Å²) in [6, 6.07) is 0. The molecule has 0 saturated heterocycles. The van der Waals surface area contributed by atoms with Crippen LogP contribution in [0.25, 0.3) is 0 Å². The molecule has 29 heavy (non-hydrogen) atoms. The fourth-order valence-corrected chi connectivity index (χ4v) is 9.05. The number of allylic oxidation sites excluding steroid dienone is 2. The molecule has 0 aromatic carbocycles. The third kappa shape index (κ3) is 3.57. The van der Waals surface area contributed by atoms with Crippen LogP contribution in [0.5, 0.6) is 0 Å². The molecule has 4 aliphatic rings. The highest BCUT2D eigenvalue weighted by atomic mass is 16.1. The van der Waals surface area contributed by atoms with E-state index in [4.69, 9.17) is 0 Å². The normalized spacial score (nSPS) is 47.4. The van der Waals surface area contributed by atoms with Gasteiger partial charge in [-0.2, -0.15) is 0 Å². The zero-order valence-electron chi connectivity index (χ0n) is 19.8. The second-order valence-corrected chi connectivity index (χ2v) is 12.4. The van der Waals surface area contributed by atoms with Gasteiger partial charge in [0, 0.05) is 5.92 Å². The van der Waals surface area contributed by atoms with E-state index in [0.29, 0.717) is 22.7 Å². The summed E-state index contributed by atoms with van der Waals surface area (Å²) in [5.74, 6) is 5.77. The van der Waals surface area contributed by atoms with Crippen molar-refractivity contribution in [2.45, 2.75) is 98.8 Å². The number of rotatable bonds is 6. The molecule has 0 N–H and O–H groups in total. The number of aldehydes is 1. The first-order valence-corrected chi connectivity index (χ1v) is 12.9. The monoisotopic (exact) mass is 398 g/mol. The van der Waals surface area contributed by atoms with E-state index in [1.54, 1.807) is 0 Å². The Morgan fingerprint density at radius 2 is 1.83 bits per heavy atom. The summed E-state index contributed by atoms with van der Waals surface area (Å²) in [7, 11) is 0. The first-order chi connectivity index (χ1) is 13.8. The van der Waals surface area contributed by atoms with Gasteiger partial charge < -0.3 is 4.79 Å². The molecule has 0 bridgehead atoms. The summed E-state index contributed by atoms with van der Waals surface area (Å²) in [4.78, 5) is 12.3. The van der Waals surface area contributed by atoms with E-state index in [-0.39, 0.29) is 0 Å². The molecule has 3 fully saturated rings. The summed E-state index contributed by atoms with van der Waals surface area (Å²) in [6.45, 7) is 12.4. The van der Waals surface area contributed by atoms with E-state index in [9.17, 15) is 4.79 Å². The van der Waals surface area contributed by atoms with Gasteiger partial charge in [0.25, 0.3) is 0 Å². The summed E-state index contributed by atoms with van der Waals surface area (Å²) >= 11 is 0. The Balaban J connectivity index is 1.55. The first kappa shape index (κ1) is 21.6. The molecule has 0 spiro atoms. The lowest BCUT2D eigenvalue weighted by atomic mass is 9.43. The van der Waals surface area contributed by atoms with Crippen LogP contribution < -0.4 is 0 Å². The van der Waals surface area contributed by atoms with Crippen LogP contribution in [0.1, 0.15) is 98.8 Å². The summed E-state index contributed by atoms with van der Waals surface area (Å²) in [6.07, 6.45) is 19.8. The van der Waals surface area contributed by atoms with E-state index in [0.717, 1.165) is 41.9 Å². The molecule has 2 unspecified atom stereocenters. The molecule has 0 amide bonds. The molecule has 0 aliphatic heterocycles. The molecular weight excluding hydrogens is 352 g/mol. The Labute approximate surface area is 180 Å². The Morgan fingerprint density at radius 3 is 2.55 bits per heavy atom. The predicted molar refractivity (Wildman–Crippen MR) is 123 cm³/mol. The van der Waals surface area contributed by atoms with Gasteiger partial charge in [0.05, 0.1) is 0 Å². The molecule has 4 aliphatic carbocycles. The van der Waals surface area contributed by atoms with Crippen LogP contribution in [0.15, 0.2) is 12.2 Å². The maximum atomic E-state index is 12.3. The fourth-order valence-electron chi connectivity index (χ4n) is 9.05. The van der Waals surface area contributed by atoms with Gasteiger partial charge in [0.1, 0.15) is 6.29 Å². The molecule has 164 valence electrons. The molecule has 4 rings (SSSR count). The van der Waals surface area contributed by atoms with Crippen LogP contribution in [0.3, 0.4) is 0 Å². The van der Waals surface area contributed by atoms with E-state index in [2.05, 4.69) is 46.8 Å². The van der Waals surface area contributed by atoms with Crippen molar-refractivity contribution < 1.29 is 4.79 Å². The first-order valence-electron chi connectivity index (χ1n) is 12.9. The molecule has 9 atom stereocenters. The summed E-state index contributed by atoms with van der Waals surface area (Å²) < 4.78 is 0. The average Bonchev–Trinajstić information content (AvgIpc) is 3.04.